The Morgan fingerprint density at radius 3 is 2.62 bits per heavy atom. The third-order valence-electron chi connectivity index (χ3n) is 4.62. The Balaban J connectivity index is 2.10. The number of furan rings is 1. The van der Waals surface area contributed by atoms with Gasteiger partial charge in [-0.15, -0.1) is 0 Å². The summed E-state index contributed by atoms with van der Waals surface area (Å²) in [7, 11) is 2.06. The number of benzene rings is 1. The summed E-state index contributed by atoms with van der Waals surface area (Å²) in [4.78, 5) is 4.85. The van der Waals surface area contributed by atoms with Crippen molar-refractivity contribution in [2.24, 2.45) is 7.05 Å². The van der Waals surface area contributed by atoms with Crippen molar-refractivity contribution in [1.82, 2.24) is 4.98 Å². The molecule has 1 aromatic carbocycles. The molecule has 0 atom stereocenters. The largest absolute Gasteiger partial charge is 0.453 e. The highest BCUT2D eigenvalue weighted by Gasteiger charge is 2.20. The second-order valence-corrected chi connectivity index (χ2v) is 6.67. The first-order chi connectivity index (χ1) is 11.6. The average molecular weight is 317 g/mol. The minimum Gasteiger partial charge on any atom is -0.453 e. The highest BCUT2D eigenvalue weighted by molar-refractivity contribution is 6.07. The SMILES string of the molecule is Cc1ccc2c(oc3ccc(C(C)C)nc32)c1-c1cccc[n+]1C. The van der Waals surface area contributed by atoms with Crippen LogP contribution in [0.3, 0.4) is 0 Å². The second-order valence-electron chi connectivity index (χ2n) is 6.67. The summed E-state index contributed by atoms with van der Waals surface area (Å²) in [6.07, 6.45) is 2.06. The van der Waals surface area contributed by atoms with Gasteiger partial charge in [0, 0.05) is 23.2 Å². The van der Waals surface area contributed by atoms with Crippen LogP contribution < -0.4 is 4.57 Å². The lowest BCUT2D eigenvalue weighted by Crippen LogP contribution is -2.30. The molecule has 0 aliphatic heterocycles. The Hall–Kier alpha value is -2.68. The van der Waals surface area contributed by atoms with Crippen molar-refractivity contribution in [1.29, 1.82) is 0 Å². The maximum Gasteiger partial charge on any atom is 0.216 e. The molecule has 120 valence electrons. The number of aromatic nitrogens is 2. The Labute approximate surface area is 141 Å². The van der Waals surface area contributed by atoms with Gasteiger partial charge in [0.2, 0.25) is 5.69 Å². The maximum atomic E-state index is 6.23. The van der Waals surface area contributed by atoms with Crippen molar-refractivity contribution in [3.05, 3.63) is 59.9 Å². The smallest absolute Gasteiger partial charge is 0.216 e. The third kappa shape index (κ3) is 2.20. The molecule has 0 saturated carbocycles. The van der Waals surface area contributed by atoms with Gasteiger partial charge >= 0.3 is 0 Å². The quantitative estimate of drug-likeness (QED) is 0.492. The van der Waals surface area contributed by atoms with Gasteiger partial charge in [-0.05, 0) is 42.7 Å². The van der Waals surface area contributed by atoms with Gasteiger partial charge in [0.25, 0.3) is 0 Å². The van der Waals surface area contributed by atoms with Gasteiger partial charge in [0.05, 0.1) is 5.56 Å². The summed E-state index contributed by atoms with van der Waals surface area (Å²) in [6, 6.07) is 14.6. The number of rotatable bonds is 2. The number of hydrogen-bond acceptors (Lipinski definition) is 2. The van der Waals surface area contributed by atoms with Crippen molar-refractivity contribution in [3.8, 4) is 11.3 Å². The van der Waals surface area contributed by atoms with Crippen LogP contribution in [-0.2, 0) is 7.05 Å². The van der Waals surface area contributed by atoms with E-state index in [-0.39, 0.29) is 0 Å². The first-order valence-corrected chi connectivity index (χ1v) is 8.34. The number of pyridine rings is 2. The lowest BCUT2D eigenvalue weighted by atomic mass is 10.0. The fourth-order valence-electron chi connectivity index (χ4n) is 3.24. The topological polar surface area (TPSA) is 29.9 Å². The average Bonchev–Trinajstić information content (AvgIpc) is 2.93. The van der Waals surface area contributed by atoms with E-state index in [1.54, 1.807) is 0 Å². The Morgan fingerprint density at radius 1 is 1.04 bits per heavy atom. The van der Waals surface area contributed by atoms with E-state index in [1.807, 2.05) is 12.1 Å². The van der Waals surface area contributed by atoms with Crippen LogP contribution in [0.5, 0.6) is 0 Å². The molecular formula is C21H21N2O+. The van der Waals surface area contributed by atoms with Crippen molar-refractivity contribution in [2.75, 3.05) is 0 Å². The van der Waals surface area contributed by atoms with E-state index in [2.05, 4.69) is 68.9 Å². The van der Waals surface area contributed by atoms with E-state index in [0.29, 0.717) is 5.92 Å². The van der Waals surface area contributed by atoms with Crippen molar-refractivity contribution in [3.63, 3.8) is 0 Å². The maximum absolute atomic E-state index is 6.23. The Kier molecular flexibility index (Phi) is 3.38. The van der Waals surface area contributed by atoms with Gasteiger partial charge in [-0.2, -0.15) is 0 Å². The summed E-state index contributed by atoms with van der Waals surface area (Å²) in [5.74, 6) is 0.399. The molecule has 24 heavy (non-hydrogen) atoms. The summed E-state index contributed by atoms with van der Waals surface area (Å²) < 4.78 is 8.36. The monoisotopic (exact) mass is 317 g/mol. The van der Waals surface area contributed by atoms with Crippen LogP contribution in [0.25, 0.3) is 33.3 Å². The standard InChI is InChI=1S/C21H21N2O/c1-13(2)16-10-11-18-20(22-16)15-9-8-14(3)19(21(15)24-18)17-7-5-6-12-23(17)4/h5-13H,1-4H3/q+1. The van der Waals surface area contributed by atoms with E-state index in [1.165, 1.54) is 5.56 Å². The molecule has 0 amide bonds. The molecule has 3 nitrogen and oxygen atoms in total. The Bertz CT molecular complexity index is 1060. The van der Waals surface area contributed by atoms with Crippen molar-refractivity contribution >= 4 is 22.1 Å². The van der Waals surface area contributed by atoms with E-state index in [0.717, 1.165) is 39.0 Å². The molecule has 0 radical (unpaired) electrons. The molecule has 0 unspecified atom stereocenters. The molecule has 3 heterocycles. The summed E-state index contributed by atoms with van der Waals surface area (Å²) in [5.41, 5.74) is 7.30. The number of hydrogen-bond donors (Lipinski definition) is 0. The highest BCUT2D eigenvalue weighted by Crippen LogP contribution is 2.36. The molecular weight excluding hydrogens is 296 g/mol. The van der Waals surface area contributed by atoms with Gasteiger partial charge in [0.15, 0.2) is 17.4 Å². The van der Waals surface area contributed by atoms with E-state index in [4.69, 9.17) is 9.40 Å². The van der Waals surface area contributed by atoms with Gasteiger partial charge < -0.3 is 4.42 Å². The van der Waals surface area contributed by atoms with Crippen LogP contribution in [0, 0.1) is 6.92 Å². The van der Waals surface area contributed by atoms with Crippen LogP contribution in [-0.4, -0.2) is 4.98 Å². The molecule has 0 aliphatic carbocycles. The van der Waals surface area contributed by atoms with E-state index >= 15 is 0 Å². The predicted octanol–water partition coefficient (Wildman–Crippen LogP) is 4.90. The zero-order valence-corrected chi connectivity index (χ0v) is 14.5. The normalized spacial score (nSPS) is 11.7. The lowest BCUT2D eigenvalue weighted by Gasteiger charge is -2.05. The molecule has 3 aromatic heterocycles. The molecule has 0 fully saturated rings. The Morgan fingerprint density at radius 2 is 1.88 bits per heavy atom. The zero-order valence-electron chi connectivity index (χ0n) is 14.5. The highest BCUT2D eigenvalue weighted by atomic mass is 16.3. The number of aryl methyl sites for hydroxylation is 2. The molecule has 4 aromatic rings. The van der Waals surface area contributed by atoms with Crippen LogP contribution >= 0.6 is 0 Å². The number of nitrogens with zero attached hydrogens (tertiary/aromatic N) is 2. The lowest BCUT2D eigenvalue weighted by molar-refractivity contribution is -0.660. The first kappa shape index (κ1) is 14.9. The second kappa shape index (κ2) is 5.45. The zero-order chi connectivity index (χ0) is 16.8. The summed E-state index contributed by atoms with van der Waals surface area (Å²) in [5, 5.41) is 1.08. The fourth-order valence-corrected chi connectivity index (χ4v) is 3.24. The minimum absolute atomic E-state index is 0.399. The molecule has 0 spiro atoms. The van der Waals surface area contributed by atoms with Gasteiger partial charge in [-0.25, -0.2) is 9.55 Å². The fraction of sp³-hybridized carbons (Fsp3) is 0.238. The third-order valence-corrected chi connectivity index (χ3v) is 4.62. The van der Waals surface area contributed by atoms with Crippen LogP contribution in [0.2, 0.25) is 0 Å². The molecule has 0 bridgehead atoms. The van der Waals surface area contributed by atoms with Crippen LogP contribution in [0.4, 0.5) is 0 Å². The molecule has 0 saturated heterocycles. The summed E-state index contributed by atoms with van der Waals surface area (Å²) in [6.45, 7) is 6.45. The molecule has 3 heteroatoms. The minimum atomic E-state index is 0.399. The number of fused-ring (bicyclic) bond motifs is 3. The van der Waals surface area contributed by atoms with E-state index in [9.17, 15) is 0 Å². The molecule has 0 aliphatic rings. The van der Waals surface area contributed by atoms with Gasteiger partial charge in [-0.3, -0.25) is 0 Å². The van der Waals surface area contributed by atoms with Gasteiger partial charge in [0.1, 0.15) is 12.6 Å². The van der Waals surface area contributed by atoms with E-state index < -0.39 is 0 Å². The summed E-state index contributed by atoms with van der Waals surface area (Å²) >= 11 is 0. The van der Waals surface area contributed by atoms with Crippen molar-refractivity contribution in [2.45, 2.75) is 26.7 Å². The predicted molar refractivity (Wildman–Crippen MR) is 97.0 cm³/mol. The van der Waals surface area contributed by atoms with Crippen LogP contribution in [0.15, 0.2) is 53.1 Å². The van der Waals surface area contributed by atoms with Gasteiger partial charge in [-0.1, -0.05) is 19.9 Å². The van der Waals surface area contributed by atoms with Crippen LogP contribution in [0.1, 0.15) is 31.0 Å². The molecule has 4 rings (SSSR count). The van der Waals surface area contributed by atoms with Crippen molar-refractivity contribution < 1.29 is 8.98 Å². The first-order valence-electron chi connectivity index (χ1n) is 8.34. The molecule has 0 N–H and O–H groups in total.